The molecule has 0 fully saturated rings. The summed E-state index contributed by atoms with van der Waals surface area (Å²) < 4.78 is 10.7. The Morgan fingerprint density at radius 3 is 2.20 bits per heavy atom. The molecule has 25 heavy (non-hydrogen) atoms. The summed E-state index contributed by atoms with van der Waals surface area (Å²) in [6.07, 6.45) is 7.48. The van der Waals surface area contributed by atoms with Gasteiger partial charge in [-0.2, -0.15) is 0 Å². The Morgan fingerprint density at radius 1 is 0.800 bits per heavy atom. The number of rotatable bonds is 10. The predicted octanol–water partition coefficient (Wildman–Crippen LogP) is 6.11. The molecule has 2 aromatic rings. The van der Waals surface area contributed by atoms with Crippen LogP contribution in [0, 0.1) is 5.92 Å². The molecular weight excluding hydrogens is 332 g/mol. The van der Waals surface area contributed by atoms with Gasteiger partial charge >= 0.3 is 0 Å². The van der Waals surface area contributed by atoms with Gasteiger partial charge in [-0.05, 0) is 48.4 Å². The van der Waals surface area contributed by atoms with Gasteiger partial charge in [-0.25, -0.2) is 0 Å². The minimum atomic E-state index is 0. The lowest BCUT2D eigenvalue weighted by atomic mass is 9.94. The van der Waals surface area contributed by atoms with Crippen LogP contribution in [0.5, 0.6) is 11.5 Å². The molecule has 0 saturated heterocycles. The lowest BCUT2D eigenvalue weighted by Crippen LogP contribution is -2.01. The molecule has 0 aliphatic heterocycles. The maximum absolute atomic E-state index is 5.39. The molecule has 0 heterocycles. The van der Waals surface area contributed by atoms with Crippen LogP contribution in [0.15, 0.2) is 48.5 Å². The van der Waals surface area contributed by atoms with Crippen molar-refractivity contribution in [3.05, 3.63) is 59.7 Å². The molecule has 2 rings (SSSR count). The summed E-state index contributed by atoms with van der Waals surface area (Å²) in [5.74, 6) is 2.32. The third kappa shape index (κ3) is 7.39. The van der Waals surface area contributed by atoms with E-state index in [1.165, 1.54) is 43.2 Å². The fourth-order valence-electron chi connectivity index (χ4n) is 3.16. The zero-order chi connectivity index (χ0) is 17.2. The van der Waals surface area contributed by atoms with E-state index in [0.29, 0.717) is 5.92 Å². The topological polar surface area (TPSA) is 18.5 Å². The standard InChI is InChI=1S/C22H30O2.ClH/c1-18(10-6-4-7-11-19-12-8-5-9-13-19)16-20-14-15-21(23-2)22(17-20)24-3;/h5,8-9,12-15,17-18H,4,6-7,10-11,16H2,1-3H3;1H. The largest absolute Gasteiger partial charge is 0.493 e. The minimum absolute atomic E-state index is 0. The summed E-state index contributed by atoms with van der Waals surface area (Å²) in [5.41, 5.74) is 2.78. The first-order chi connectivity index (χ1) is 11.7. The second-order valence-corrected chi connectivity index (χ2v) is 6.58. The summed E-state index contributed by atoms with van der Waals surface area (Å²) >= 11 is 0. The van der Waals surface area contributed by atoms with E-state index in [-0.39, 0.29) is 12.4 Å². The number of benzene rings is 2. The molecule has 0 aliphatic carbocycles. The van der Waals surface area contributed by atoms with Crippen LogP contribution in [0.2, 0.25) is 0 Å². The highest BCUT2D eigenvalue weighted by molar-refractivity contribution is 5.85. The van der Waals surface area contributed by atoms with Crippen molar-refractivity contribution in [2.75, 3.05) is 14.2 Å². The molecule has 0 saturated carbocycles. The molecular formula is C22H31ClO2. The molecule has 0 aromatic heterocycles. The van der Waals surface area contributed by atoms with Crippen molar-refractivity contribution in [1.29, 1.82) is 0 Å². The molecule has 0 aliphatic rings. The second kappa shape index (κ2) is 11.8. The van der Waals surface area contributed by atoms with Gasteiger partial charge < -0.3 is 9.47 Å². The van der Waals surface area contributed by atoms with Crippen molar-refractivity contribution in [3.8, 4) is 11.5 Å². The molecule has 2 nitrogen and oxygen atoms in total. The van der Waals surface area contributed by atoms with Crippen LogP contribution in [-0.2, 0) is 12.8 Å². The molecule has 0 N–H and O–H groups in total. The van der Waals surface area contributed by atoms with Gasteiger partial charge in [0.1, 0.15) is 0 Å². The van der Waals surface area contributed by atoms with Crippen molar-refractivity contribution < 1.29 is 9.47 Å². The average Bonchev–Trinajstić information content (AvgIpc) is 2.62. The predicted molar refractivity (Wildman–Crippen MR) is 108 cm³/mol. The van der Waals surface area contributed by atoms with E-state index < -0.39 is 0 Å². The van der Waals surface area contributed by atoms with Gasteiger partial charge in [0, 0.05) is 0 Å². The number of unbranched alkanes of at least 4 members (excludes halogenated alkanes) is 2. The Morgan fingerprint density at radius 2 is 1.52 bits per heavy atom. The van der Waals surface area contributed by atoms with Crippen LogP contribution >= 0.6 is 12.4 Å². The van der Waals surface area contributed by atoms with Crippen LogP contribution in [0.25, 0.3) is 0 Å². The summed E-state index contributed by atoms with van der Waals surface area (Å²) in [6, 6.07) is 17.0. The minimum Gasteiger partial charge on any atom is -0.493 e. The number of hydrogen-bond acceptors (Lipinski definition) is 2. The average molecular weight is 363 g/mol. The highest BCUT2D eigenvalue weighted by Gasteiger charge is 2.08. The second-order valence-electron chi connectivity index (χ2n) is 6.58. The van der Waals surface area contributed by atoms with Gasteiger partial charge in [0.25, 0.3) is 0 Å². The summed E-state index contributed by atoms with van der Waals surface area (Å²) in [4.78, 5) is 0. The maximum atomic E-state index is 5.39. The van der Waals surface area contributed by atoms with E-state index in [1.807, 2.05) is 6.07 Å². The zero-order valence-corrected chi connectivity index (χ0v) is 16.5. The first-order valence-electron chi connectivity index (χ1n) is 8.97. The van der Waals surface area contributed by atoms with Crippen molar-refractivity contribution in [1.82, 2.24) is 0 Å². The molecule has 0 bridgehead atoms. The lowest BCUT2D eigenvalue weighted by Gasteiger charge is -2.14. The van der Waals surface area contributed by atoms with Crippen LogP contribution in [0.1, 0.15) is 43.7 Å². The van der Waals surface area contributed by atoms with E-state index in [1.54, 1.807) is 14.2 Å². The highest BCUT2D eigenvalue weighted by Crippen LogP contribution is 2.29. The van der Waals surface area contributed by atoms with E-state index in [9.17, 15) is 0 Å². The number of hydrogen-bond donors (Lipinski definition) is 0. The summed E-state index contributed by atoms with van der Waals surface area (Å²) in [7, 11) is 3.37. The molecule has 1 unspecified atom stereocenters. The Balaban J connectivity index is 0.00000312. The van der Waals surface area contributed by atoms with Gasteiger partial charge in [-0.3, -0.25) is 0 Å². The molecule has 0 radical (unpaired) electrons. The monoisotopic (exact) mass is 362 g/mol. The molecule has 0 amide bonds. The molecule has 0 spiro atoms. The quantitative estimate of drug-likeness (QED) is 0.475. The fourth-order valence-corrected chi connectivity index (χ4v) is 3.16. The van der Waals surface area contributed by atoms with E-state index in [2.05, 4.69) is 49.4 Å². The Kier molecular flexibility index (Phi) is 10.1. The Bertz CT molecular complexity index is 598. The Hall–Kier alpha value is -1.67. The first-order valence-corrected chi connectivity index (χ1v) is 8.97. The third-order valence-electron chi connectivity index (χ3n) is 4.54. The lowest BCUT2D eigenvalue weighted by molar-refractivity contribution is 0.354. The highest BCUT2D eigenvalue weighted by atomic mass is 35.5. The smallest absolute Gasteiger partial charge is 0.160 e. The number of aryl methyl sites for hydroxylation is 1. The van der Waals surface area contributed by atoms with Crippen LogP contribution in [-0.4, -0.2) is 14.2 Å². The van der Waals surface area contributed by atoms with Crippen molar-refractivity contribution >= 4 is 12.4 Å². The van der Waals surface area contributed by atoms with Crippen molar-refractivity contribution in [3.63, 3.8) is 0 Å². The van der Waals surface area contributed by atoms with Gasteiger partial charge in [-0.15, -0.1) is 12.4 Å². The van der Waals surface area contributed by atoms with Gasteiger partial charge in [0.05, 0.1) is 14.2 Å². The molecule has 1 atom stereocenters. The maximum Gasteiger partial charge on any atom is 0.160 e. The molecule has 138 valence electrons. The first kappa shape index (κ1) is 21.4. The normalized spacial score (nSPS) is 11.5. The third-order valence-corrected chi connectivity index (χ3v) is 4.54. The fraction of sp³-hybridized carbons (Fsp3) is 0.455. The number of ether oxygens (including phenoxy) is 2. The summed E-state index contributed by atoms with van der Waals surface area (Å²) in [6.45, 7) is 2.34. The summed E-state index contributed by atoms with van der Waals surface area (Å²) in [5, 5.41) is 0. The van der Waals surface area contributed by atoms with Crippen molar-refractivity contribution in [2.24, 2.45) is 5.92 Å². The SMILES string of the molecule is COc1ccc(CC(C)CCCCCc2ccccc2)cc1OC.Cl. The van der Waals surface area contributed by atoms with Crippen LogP contribution in [0.4, 0.5) is 0 Å². The van der Waals surface area contributed by atoms with Gasteiger partial charge in [0.15, 0.2) is 11.5 Å². The van der Waals surface area contributed by atoms with Crippen LogP contribution < -0.4 is 9.47 Å². The Labute approximate surface area is 159 Å². The van der Waals surface area contributed by atoms with E-state index >= 15 is 0 Å². The van der Waals surface area contributed by atoms with Crippen molar-refractivity contribution in [2.45, 2.75) is 45.4 Å². The van der Waals surface area contributed by atoms with Gasteiger partial charge in [-0.1, -0.05) is 62.6 Å². The van der Waals surface area contributed by atoms with E-state index in [0.717, 1.165) is 17.9 Å². The molecule has 2 aromatic carbocycles. The number of halogens is 1. The zero-order valence-electron chi connectivity index (χ0n) is 15.7. The van der Waals surface area contributed by atoms with Crippen LogP contribution in [0.3, 0.4) is 0 Å². The number of methoxy groups -OCH3 is 2. The molecule has 3 heteroatoms. The van der Waals surface area contributed by atoms with Gasteiger partial charge in [0.2, 0.25) is 0 Å². The van der Waals surface area contributed by atoms with E-state index in [4.69, 9.17) is 9.47 Å².